The van der Waals surface area contributed by atoms with E-state index in [9.17, 15) is 95.3 Å². The zero-order chi connectivity index (χ0) is 92.9. The quantitative estimate of drug-likeness (QED) is 0.0175. The summed E-state index contributed by atoms with van der Waals surface area (Å²) < 4.78 is 212. The number of halogens is 14. The Morgan fingerprint density at radius 3 is 1.09 bits per heavy atom. The molecular weight excluding hydrogens is 1660 g/mol. The second kappa shape index (κ2) is 40.3. The number of ketones is 3. The molecule has 10 rings (SSSR count). The number of amides is 2. The number of rotatable bonds is 27. The third-order valence-electron chi connectivity index (χ3n) is 18.6. The van der Waals surface area contributed by atoms with Gasteiger partial charge in [0.1, 0.15) is 80.2 Å². The van der Waals surface area contributed by atoms with E-state index in [1.807, 2.05) is 6.07 Å². The van der Waals surface area contributed by atoms with Crippen molar-refractivity contribution in [1.82, 2.24) is 49.8 Å². The highest BCUT2D eigenvalue weighted by molar-refractivity contribution is 6.02. The molecule has 0 saturated heterocycles. The third kappa shape index (κ3) is 22.7. The second-order valence-electron chi connectivity index (χ2n) is 27.4. The van der Waals surface area contributed by atoms with Crippen LogP contribution in [0.4, 0.5) is 84.2 Å². The van der Waals surface area contributed by atoms with Gasteiger partial charge in [0.15, 0.2) is 23.0 Å². The molecule has 6 aromatic carbocycles. The number of nitrogen functional groups attached to an aromatic ring is 4. The molecule has 0 aliphatic carbocycles. The van der Waals surface area contributed by atoms with Crippen molar-refractivity contribution < 1.29 is 114 Å². The minimum absolute atomic E-state index is 0.0124. The average Bonchev–Trinajstić information content (AvgIpc) is 1.64. The number of aromatic nitrogens is 8. The van der Waals surface area contributed by atoms with E-state index in [0.717, 1.165) is 64.1 Å². The number of hydrogen-bond acceptors (Lipinski definition) is 20. The van der Waals surface area contributed by atoms with Gasteiger partial charge in [-0.2, -0.15) is 78.3 Å². The standard InChI is InChI=1S/C25H26F4N4O3.C24H24F4N4O4.C17H21F3N4O2.C17H15F3N4O2/c1-5-36-20-10-16(12-31-24(35)18-11-17(26)8-6-13(18)2)7-9-19(20)33-23(15(4)34)21(30)22(32-33)14(3)25(27,28)29;1-4-36-18-9-14(11-30-22(33)16-10-15(25)7-5-12(16)2)6-8-17(18)32-21(23(34)35)19(29)20(31-32)13(3)24(26,27)28;2*1-4-26-13-7-11(8-21)5-6-12(13)24-16(10(3)25)14(22)15(23-24)9(2)17(18,19)20/h6-11,14H,5,12,30H2,1-4H3,(H,31,35);5-10,13H,4,11,29H2,1-3H3,(H,30,33)(H,34,35);5-7,9H,4,8,21-22H2,1-3H3;5-7H,2,4,22H2,1,3H3. The first kappa shape index (κ1) is 97.3. The lowest BCUT2D eigenvalue weighted by molar-refractivity contribution is -0.147. The van der Waals surface area contributed by atoms with Gasteiger partial charge in [-0.05, 0) is 163 Å². The molecule has 4 heterocycles. The Balaban J connectivity index is 0.000000230. The number of nitriles is 1. The van der Waals surface area contributed by atoms with E-state index < -0.39 is 135 Å². The van der Waals surface area contributed by atoms with Crippen LogP contribution in [0.1, 0.15) is 206 Å². The summed E-state index contributed by atoms with van der Waals surface area (Å²) in [5.41, 5.74) is 27.3. The SMILES string of the molecule is C=C(c1nn(-c2ccc(C#N)cc2OCC)c(C(C)=O)c1N)C(F)(F)F.CCOc1cc(CN)ccc1-n1nc(C(C)C(F)(F)F)c(N)c1C(C)=O.CCOc1cc(CNC(=O)c2cc(F)ccc2C)ccc1-n1nc(C(C)C(F)(F)F)c(N)c1C(=O)O.CCOc1cc(CNC(=O)c2cc(F)ccc2C)ccc1-n1nc(C(C)C(F)(F)F)c(N)c1C(C)=O. The number of nitrogens with one attached hydrogen (secondary N) is 2. The van der Waals surface area contributed by atoms with E-state index in [1.165, 1.54) is 80.6 Å². The minimum Gasteiger partial charge on any atom is -0.492 e. The number of aryl methyl sites for hydroxylation is 2. The van der Waals surface area contributed by atoms with E-state index in [1.54, 1.807) is 71.9 Å². The Bertz CT molecular complexity index is 5500. The van der Waals surface area contributed by atoms with Gasteiger partial charge >= 0.3 is 30.7 Å². The molecule has 13 N–H and O–H groups in total. The van der Waals surface area contributed by atoms with Crippen molar-refractivity contribution in [3.63, 3.8) is 0 Å². The van der Waals surface area contributed by atoms with E-state index in [2.05, 4.69) is 37.6 Å². The van der Waals surface area contributed by atoms with E-state index in [0.29, 0.717) is 40.3 Å². The van der Waals surface area contributed by atoms with Crippen LogP contribution in [0.15, 0.2) is 116 Å². The molecule has 27 nitrogen and oxygen atoms in total. The first-order chi connectivity index (χ1) is 57.9. The van der Waals surface area contributed by atoms with Crippen molar-refractivity contribution in [2.75, 3.05) is 49.4 Å². The Hall–Kier alpha value is -13.8. The monoisotopic (exact) mass is 1750 g/mol. The summed E-state index contributed by atoms with van der Waals surface area (Å²) in [6, 6.07) is 28.0. The number of aromatic carboxylic acids is 1. The third-order valence-corrected chi connectivity index (χ3v) is 18.6. The van der Waals surface area contributed by atoms with Gasteiger partial charge in [-0.3, -0.25) is 24.0 Å². The van der Waals surface area contributed by atoms with Gasteiger partial charge in [-0.1, -0.05) is 36.9 Å². The predicted molar refractivity (Wildman–Crippen MR) is 429 cm³/mol. The molecular formula is C83H86F14N16O11. The van der Waals surface area contributed by atoms with Gasteiger partial charge in [-0.25, -0.2) is 32.3 Å². The topological polar surface area (TPSA) is 409 Å². The number of Topliss-reactive ketones (excluding diaryl/α,β-unsaturated/α-hetero) is 3. The van der Waals surface area contributed by atoms with Gasteiger partial charge < -0.3 is 63.4 Å². The predicted octanol–water partition coefficient (Wildman–Crippen LogP) is 16.4. The van der Waals surface area contributed by atoms with Crippen LogP contribution < -0.4 is 58.2 Å². The fourth-order valence-corrected chi connectivity index (χ4v) is 12.1. The maximum atomic E-state index is 13.5. The number of anilines is 4. The van der Waals surface area contributed by atoms with E-state index >= 15 is 0 Å². The number of carboxylic acids is 1. The van der Waals surface area contributed by atoms with Crippen LogP contribution in [0.3, 0.4) is 0 Å². The van der Waals surface area contributed by atoms with Crippen LogP contribution >= 0.6 is 0 Å². The Morgan fingerprint density at radius 1 is 0.468 bits per heavy atom. The molecule has 3 unspecified atom stereocenters. The number of carbonyl (C=O) groups is 6. The number of nitrogens with zero attached hydrogens (tertiary/aromatic N) is 9. The second-order valence-corrected chi connectivity index (χ2v) is 27.4. The molecule has 41 heteroatoms. The summed E-state index contributed by atoms with van der Waals surface area (Å²) in [7, 11) is 0. The molecule has 0 spiro atoms. The Kier molecular flexibility index (Phi) is 31.6. The summed E-state index contributed by atoms with van der Waals surface area (Å²) >= 11 is 0. The molecule has 0 fully saturated rings. The van der Waals surface area contributed by atoms with Gasteiger partial charge in [0, 0.05) is 57.6 Å². The summed E-state index contributed by atoms with van der Waals surface area (Å²) in [4.78, 5) is 73.3. The number of alkyl halides is 12. The highest BCUT2D eigenvalue weighted by Crippen LogP contribution is 2.44. The fraction of sp³-hybridized carbons (Fsp3) is 0.313. The van der Waals surface area contributed by atoms with E-state index in [-0.39, 0.29) is 119 Å². The highest BCUT2D eigenvalue weighted by Gasteiger charge is 2.45. The summed E-state index contributed by atoms with van der Waals surface area (Å²) in [5.74, 6) is -10.4. The fourth-order valence-electron chi connectivity index (χ4n) is 12.1. The van der Waals surface area contributed by atoms with Crippen LogP contribution in [-0.4, -0.2) is 130 Å². The van der Waals surface area contributed by atoms with Gasteiger partial charge in [-0.15, -0.1) is 0 Å². The molecule has 0 aliphatic rings. The largest absolute Gasteiger partial charge is 0.492 e. The van der Waals surface area contributed by atoms with Crippen LogP contribution in [-0.2, 0) is 19.6 Å². The number of allylic oxidation sites excluding steroid dienone is 1. The van der Waals surface area contributed by atoms with E-state index in [4.69, 9.17) is 52.9 Å². The molecule has 4 aromatic heterocycles. The van der Waals surface area contributed by atoms with Crippen molar-refractivity contribution in [3.05, 3.63) is 217 Å². The molecule has 0 aliphatic heterocycles. The molecule has 0 bridgehead atoms. The summed E-state index contributed by atoms with van der Waals surface area (Å²) in [5, 5.41) is 39.8. The molecule has 0 saturated carbocycles. The van der Waals surface area contributed by atoms with Gasteiger partial charge in [0.2, 0.25) is 0 Å². The molecule has 124 heavy (non-hydrogen) atoms. The summed E-state index contributed by atoms with van der Waals surface area (Å²) in [6.45, 7) is 20.7. The molecule has 662 valence electrons. The maximum absolute atomic E-state index is 13.5. The first-order valence-corrected chi connectivity index (χ1v) is 37.4. The molecule has 10 aromatic rings. The lowest BCUT2D eigenvalue weighted by Crippen LogP contribution is -2.24. The number of benzene rings is 6. The van der Waals surface area contributed by atoms with Crippen molar-refractivity contribution in [3.8, 4) is 51.8 Å². The van der Waals surface area contributed by atoms with Crippen LogP contribution in [0.5, 0.6) is 23.0 Å². The Labute approximate surface area is 699 Å². The van der Waals surface area contributed by atoms with Crippen molar-refractivity contribution in [2.45, 2.75) is 145 Å². The first-order valence-electron chi connectivity index (χ1n) is 37.4. The molecule has 2 amide bonds. The average molecular weight is 1750 g/mol. The van der Waals surface area contributed by atoms with Gasteiger partial charge in [0.05, 0.1) is 101 Å². The van der Waals surface area contributed by atoms with Crippen molar-refractivity contribution >= 4 is 63.5 Å². The number of hydrogen-bond donors (Lipinski definition) is 8. The van der Waals surface area contributed by atoms with Crippen LogP contribution in [0.25, 0.3) is 28.3 Å². The number of carboxylic acid groups (broad SMARTS) is 1. The van der Waals surface area contributed by atoms with Gasteiger partial charge in [0.25, 0.3) is 11.8 Å². The zero-order valence-electron chi connectivity index (χ0n) is 68.5. The lowest BCUT2D eigenvalue weighted by Gasteiger charge is -2.15. The summed E-state index contributed by atoms with van der Waals surface area (Å²) in [6.07, 6.45) is -18.6. The minimum atomic E-state index is -4.76. The highest BCUT2D eigenvalue weighted by atomic mass is 19.4. The van der Waals surface area contributed by atoms with Crippen molar-refractivity contribution in [1.29, 1.82) is 5.26 Å². The van der Waals surface area contributed by atoms with Crippen LogP contribution in [0, 0.1) is 36.8 Å². The number of carbonyl (C=O) groups excluding carboxylic acids is 5. The molecule has 3 atom stereocenters. The Morgan fingerprint density at radius 2 is 0.774 bits per heavy atom. The maximum Gasteiger partial charge on any atom is 0.418 e. The van der Waals surface area contributed by atoms with Crippen LogP contribution in [0.2, 0.25) is 0 Å². The number of ether oxygens (including phenoxy) is 4. The molecule has 0 radical (unpaired) electrons. The lowest BCUT2D eigenvalue weighted by atomic mass is 10.1. The smallest absolute Gasteiger partial charge is 0.418 e. The number of nitrogens with two attached hydrogens (primary N) is 5. The normalized spacial score (nSPS) is 12.2. The van der Waals surface area contributed by atoms with Crippen molar-refractivity contribution in [2.24, 2.45) is 5.73 Å². The zero-order valence-corrected chi connectivity index (χ0v) is 68.5.